The lowest BCUT2D eigenvalue weighted by Crippen LogP contribution is -2.19. The number of nitrogens with one attached hydrogen (secondary N) is 1. The second-order valence-electron chi connectivity index (χ2n) is 4.32. The van der Waals surface area contributed by atoms with E-state index in [0.29, 0.717) is 17.3 Å². The second kappa shape index (κ2) is 5.06. The molecular weight excluding hydrogens is 309 g/mol. The Morgan fingerprint density at radius 3 is 2.33 bits per heavy atom. The molecule has 0 saturated heterocycles. The van der Waals surface area contributed by atoms with Gasteiger partial charge in [-0.2, -0.15) is 13.2 Å². The van der Waals surface area contributed by atoms with Crippen molar-refractivity contribution >= 4 is 15.9 Å². The maximum atomic E-state index is 12.9. The van der Waals surface area contributed by atoms with Crippen LogP contribution in [0, 0.1) is 13.8 Å². The van der Waals surface area contributed by atoms with E-state index in [9.17, 15) is 21.6 Å². The number of rotatable bonds is 3. The lowest BCUT2D eigenvalue weighted by atomic mass is 10.2. The molecule has 114 valence electrons. The van der Waals surface area contributed by atoms with Crippen LogP contribution in [0.25, 0.3) is 0 Å². The van der Waals surface area contributed by atoms with Gasteiger partial charge in [0.05, 0.1) is 16.2 Å². The largest absolute Gasteiger partial charge is 0.417 e. The number of benzene rings is 1. The summed E-state index contributed by atoms with van der Waals surface area (Å²) in [6.07, 6.45) is -4.78. The SMILES string of the molecule is Cc1noc(NS(=O)(=O)c2ccccc2C(F)(F)F)c1C. The highest BCUT2D eigenvalue weighted by atomic mass is 32.2. The number of aromatic nitrogens is 1. The lowest BCUT2D eigenvalue weighted by molar-refractivity contribution is -0.139. The Balaban J connectivity index is 2.48. The van der Waals surface area contributed by atoms with E-state index in [1.165, 1.54) is 6.07 Å². The lowest BCUT2D eigenvalue weighted by Gasteiger charge is -2.13. The molecule has 0 aliphatic rings. The molecule has 2 rings (SSSR count). The zero-order chi connectivity index (χ0) is 15.8. The van der Waals surface area contributed by atoms with E-state index in [1.54, 1.807) is 13.8 Å². The van der Waals surface area contributed by atoms with Crippen LogP contribution in [0.3, 0.4) is 0 Å². The summed E-state index contributed by atoms with van der Waals surface area (Å²) in [7, 11) is -4.44. The van der Waals surface area contributed by atoms with Gasteiger partial charge in [0.2, 0.25) is 5.88 Å². The van der Waals surface area contributed by atoms with Gasteiger partial charge in [0.25, 0.3) is 10.0 Å². The molecular formula is C12H11F3N2O3S. The molecule has 2 aromatic rings. The maximum absolute atomic E-state index is 12.9. The molecule has 0 aliphatic carbocycles. The average molecular weight is 320 g/mol. The fraction of sp³-hybridized carbons (Fsp3) is 0.250. The molecule has 9 heteroatoms. The van der Waals surface area contributed by atoms with Crippen molar-refractivity contribution in [2.45, 2.75) is 24.9 Å². The molecule has 0 saturated carbocycles. The van der Waals surface area contributed by atoms with E-state index in [2.05, 4.69) is 5.16 Å². The third kappa shape index (κ3) is 3.02. The van der Waals surface area contributed by atoms with Gasteiger partial charge in [-0.3, -0.25) is 0 Å². The third-order valence-electron chi connectivity index (χ3n) is 2.87. The molecule has 0 fully saturated rings. The topological polar surface area (TPSA) is 72.2 Å². The zero-order valence-electron chi connectivity index (χ0n) is 11.0. The van der Waals surface area contributed by atoms with Crippen molar-refractivity contribution < 1.29 is 26.1 Å². The molecule has 0 atom stereocenters. The number of halogens is 3. The summed E-state index contributed by atoms with van der Waals surface area (Å²) < 4.78 is 69.6. The first-order valence-corrected chi connectivity index (χ1v) is 7.23. The van der Waals surface area contributed by atoms with Crippen LogP contribution < -0.4 is 4.72 Å². The van der Waals surface area contributed by atoms with Crippen LogP contribution in [0.2, 0.25) is 0 Å². The van der Waals surface area contributed by atoms with Gasteiger partial charge in [0.15, 0.2) is 0 Å². The molecule has 1 aromatic carbocycles. The highest BCUT2D eigenvalue weighted by molar-refractivity contribution is 7.92. The Morgan fingerprint density at radius 1 is 1.19 bits per heavy atom. The number of sulfonamides is 1. The highest BCUT2D eigenvalue weighted by Crippen LogP contribution is 2.34. The van der Waals surface area contributed by atoms with Crippen molar-refractivity contribution in [3.05, 3.63) is 41.1 Å². The summed E-state index contributed by atoms with van der Waals surface area (Å²) in [4.78, 5) is -0.869. The van der Waals surface area contributed by atoms with Gasteiger partial charge < -0.3 is 4.52 Å². The van der Waals surface area contributed by atoms with Gasteiger partial charge in [0, 0.05) is 5.56 Å². The Morgan fingerprint density at radius 2 is 1.81 bits per heavy atom. The van der Waals surface area contributed by atoms with Crippen LogP contribution in [0.15, 0.2) is 33.7 Å². The number of hydrogen-bond acceptors (Lipinski definition) is 4. The van der Waals surface area contributed by atoms with E-state index >= 15 is 0 Å². The molecule has 1 N–H and O–H groups in total. The van der Waals surface area contributed by atoms with Crippen LogP contribution in [0.4, 0.5) is 19.1 Å². The Hall–Kier alpha value is -2.03. The van der Waals surface area contributed by atoms with Crippen LogP contribution in [-0.2, 0) is 16.2 Å². The van der Waals surface area contributed by atoms with E-state index in [-0.39, 0.29) is 5.88 Å². The third-order valence-corrected chi connectivity index (χ3v) is 4.26. The second-order valence-corrected chi connectivity index (χ2v) is 5.97. The van der Waals surface area contributed by atoms with Gasteiger partial charge in [-0.05, 0) is 26.0 Å². The van der Waals surface area contributed by atoms with Crippen molar-refractivity contribution in [1.29, 1.82) is 0 Å². The van der Waals surface area contributed by atoms with Crippen molar-refractivity contribution in [1.82, 2.24) is 5.16 Å². The first-order chi connectivity index (χ1) is 9.63. The molecule has 0 unspecified atom stereocenters. The molecule has 0 bridgehead atoms. The molecule has 0 aliphatic heterocycles. The van der Waals surface area contributed by atoms with Crippen LogP contribution in [0.1, 0.15) is 16.8 Å². The van der Waals surface area contributed by atoms with E-state index < -0.39 is 26.7 Å². The average Bonchev–Trinajstić information content (AvgIpc) is 2.69. The minimum absolute atomic E-state index is 0.204. The molecule has 1 heterocycles. The number of nitrogens with zero attached hydrogens (tertiary/aromatic N) is 1. The standard InChI is InChI=1S/C12H11F3N2O3S/c1-7-8(2)16-20-11(7)17-21(18,19)10-6-4-3-5-9(10)12(13,14)15/h3-6,17H,1-2H3. The fourth-order valence-corrected chi connectivity index (χ4v) is 2.90. The van der Waals surface area contributed by atoms with Crippen molar-refractivity contribution in [3.63, 3.8) is 0 Å². The van der Waals surface area contributed by atoms with E-state index in [1.807, 2.05) is 4.72 Å². The molecule has 0 amide bonds. The minimum Gasteiger partial charge on any atom is -0.337 e. The summed E-state index contributed by atoms with van der Waals surface area (Å²) >= 11 is 0. The van der Waals surface area contributed by atoms with Gasteiger partial charge >= 0.3 is 6.18 Å². The monoisotopic (exact) mass is 320 g/mol. The first kappa shape index (κ1) is 15.4. The van der Waals surface area contributed by atoms with Gasteiger partial charge in [-0.15, -0.1) is 0 Å². The Labute approximate surface area is 118 Å². The maximum Gasteiger partial charge on any atom is 0.417 e. The molecule has 5 nitrogen and oxygen atoms in total. The molecule has 0 radical (unpaired) electrons. The van der Waals surface area contributed by atoms with E-state index in [0.717, 1.165) is 12.1 Å². The number of hydrogen-bond donors (Lipinski definition) is 1. The van der Waals surface area contributed by atoms with Crippen LogP contribution in [0.5, 0.6) is 0 Å². The first-order valence-electron chi connectivity index (χ1n) is 5.75. The highest BCUT2D eigenvalue weighted by Gasteiger charge is 2.37. The minimum atomic E-state index is -4.78. The zero-order valence-corrected chi connectivity index (χ0v) is 11.8. The predicted octanol–water partition coefficient (Wildman–Crippen LogP) is 3.11. The number of aryl methyl sites for hydroxylation is 1. The smallest absolute Gasteiger partial charge is 0.337 e. The van der Waals surface area contributed by atoms with Crippen molar-refractivity contribution in [2.75, 3.05) is 4.72 Å². The van der Waals surface area contributed by atoms with Crippen LogP contribution in [-0.4, -0.2) is 13.6 Å². The van der Waals surface area contributed by atoms with Crippen LogP contribution >= 0.6 is 0 Å². The summed E-state index contributed by atoms with van der Waals surface area (Å²) in [6, 6.07) is 3.91. The number of alkyl halides is 3. The molecule has 0 spiro atoms. The summed E-state index contributed by atoms with van der Waals surface area (Å²) in [5.74, 6) is -0.204. The summed E-state index contributed by atoms with van der Waals surface area (Å²) in [5, 5.41) is 3.54. The summed E-state index contributed by atoms with van der Waals surface area (Å²) in [5.41, 5.74) is -0.397. The Kier molecular flexibility index (Phi) is 3.70. The number of anilines is 1. The van der Waals surface area contributed by atoms with Crippen molar-refractivity contribution in [2.24, 2.45) is 0 Å². The normalized spacial score (nSPS) is 12.4. The summed E-state index contributed by atoms with van der Waals surface area (Å²) in [6.45, 7) is 3.12. The fourth-order valence-electron chi connectivity index (χ4n) is 1.62. The van der Waals surface area contributed by atoms with Gasteiger partial charge in [-0.25, -0.2) is 13.1 Å². The van der Waals surface area contributed by atoms with Gasteiger partial charge in [0.1, 0.15) is 0 Å². The predicted molar refractivity (Wildman–Crippen MR) is 68.2 cm³/mol. The van der Waals surface area contributed by atoms with E-state index in [4.69, 9.17) is 4.52 Å². The Bertz CT molecular complexity index is 766. The van der Waals surface area contributed by atoms with Gasteiger partial charge in [-0.1, -0.05) is 17.3 Å². The molecule has 21 heavy (non-hydrogen) atoms. The molecule has 1 aromatic heterocycles. The van der Waals surface area contributed by atoms with Crippen molar-refractivity contribution in [3.8, 4) is 0 Å². The quantitative estimate of drug-likeness (QED) is 0.943.